The molecule has 1 atom stereocenters. The Morgan fingerprint density at radius 2 is 2.00 bits per heavy atom. The van der Waals surface area contributed by atoms with Crippen LogP contribution in [-0.4, -0.2) is 36.0 Å². The number of amides is 2. The zero-order valence-corrected chi connectivity index (χ0v) is 14.1. The summed E-state index contributed by atoms with van der Waals surface area (Å²) >= 11 is 0. The third-order valence-corrected chi connectivity index (χ3v) is 4.05. The van der Waals surface area contributed by atoms with Crippen molar-refractivity contribution in [2.75, 3.05) is 18.1 Å². The molecule has 0 saturated carbocycles. The third kappa shape index (κ3) is 4.03. The molecule has 1 N–H and O–H groups in total. The van der Waals surface area contributed by atoms with Gasteiger partial charge in [-0.2, -0.15) is 0 Å². The number of rotatable bonds is 7. The quantitative estimate of drug-likeness (QED) is 0.781. The maximum absolute atomic E-state index is 12.6. The highest BCUT2D eigenvalue weighted by Crippen LogP contribution is 2.25. The van der Waals surface area contributed by atoms with E-state index in [1.807, 2.05) is 25.1 Å². The third-order valence-electron chi connectivity index (χ3n) is 4.05. The lowest BCUT2D eigenvalue weighted by Crippen LogP contribution is -2.39. The molecule has 6 nitrogen and oxygen atoms in total. The van der Waals surface area contributed by atoms with Crippen LogP contribution in [0.5, 0.6) is 5.75 Å². The molecule has 1 saturated heterocycles. The highest BCUT2D eigenvalue weighted by molar-refractivity contribution is 6.22. The van der Waals surface area contributed by atoms with E-state index in [9.17, 15) is 9.59 Å². The Balaban J connectivity index is 1.59. The molecule has 0 unspecified atom stereocenters. The number of hydrogen-bond acceptors (Lipinski definition) is 5. The monoisotopic (exact) mass is 339 g/mol. The second-order valence-electron chi connectivity index (χ2n) is 5.78. The first-order valence-electron chi connectivity index (χ1n) is 8.42. The van der Waals surface area contributed by atoms with Crippen molar-refractivity contribution in [3.63, 3.8) is 0 Å². The predicted molar refractivity (Wildman–Crippen MR) is 94.5 cm³/mol. The molecular weight excluding hydrogens is 318 g/mol. The van der Waals surface area contributed by atoms with Gasteiger partial charge in [-0.3, -0.25) is 14.6 Å². The first-order chi connectivity index (χ1) is 12.2. The number of benzene rings is 1. The van der Waals surface area contributed by atoms with Crippen LogP contribution < -0.4 is 15.0 Å². The Labute approximate surface area is 146 Å². The van der Waals surface area contributed by atoms with E-state index in [4.69, 9.17) is 4.74 Å². The molecule has 0 bridgehead atoms. The van der Waals surface area contributed by atoms with E-state index in [0.29, 0.717) is 25.3 Å². The molecule has 2 aromatic rings. The second-order valence-corrected chi connectivity index (χ2v) is 5.78. The summed E-state index contributed by atoms with van der Waals surface area (Å²) in [6, 6.07) is 12.2. The van der Waals surface area contributed by atoms with Gasteiger partial charge >= 0.3 is 0 Å². The van der Waals surface area contributed by atoms with E-state index in [-0.39, 0.29) is 18.2 Å². The van der Waals surface area contributed by atoms with Gasteiger partial charge < -0.3 is 10.1 Å². The molecule has 1 fully saturated rings. The smallest absolute Gasteiger partial charge is 0.251 e. The van der Waals surface area contributed by atoms with Crippen molar-refractivity contribution in [2.24, 2.45) is 0 Å². The number of nitrogens with zero attached hydrogens (tertiary/aromatic N) is 2. The fourth-order valence-electron chi connectivity index (χ4n) is 2.84. The Bertz CT molecular complexity index is 731. The number of carbonyl (C=O) groups excluding carboxylic acids is 2. The molecule has 0 spiro atoms. The second kappa shape index (κ2) is 7.90. The summed E-state index contributed by atoms with van der Waals surface area (Å²) < 4.78 is 5.39. The topological polar surface area (TPSA) is 71.5 Å². The van der Waals surface area contributed by atoms with Gasteiger partial charge in [0.1, 0.15) is 5.75 Å². The summed E-state index contributed by atoms with van der Waals surface area (Å²) in [6.07, 6.45) is 2.63. The molecule has 130 valence electrons. The fourth-order valence-corrected chi connectivity index (χ4v) is 2.84. The van der Waals surface area contributed by atoms with Crippen LogP contribution in [0.3, 0.4) is 0 Å². The number of imide groups is 1. The van der Waals surface area contributed by atoms with Crippen LogP contribution in [0.4, 0.5) is 5.69 Å². The van der Waals surface area contributed by atoms with Crippen LogP contribution in [0, 0.1) is 0 Å². The molecule has 25 heavy (non-hydrogen) atoms. The lowest BCUT2D eigenvalue weighted by molar-refractivity contribution is -0.121. The summed E-state index contributed by atoms with van der Waals surface area (Å²) in [6.45, 7) is 3.07. The highest BCUT2D eigenvalue weighted by Gasteiger charge is 2.39. The van der Waals surface area contributed by atoms with Crippen molar-refractivity contribution in [2.45, 2.75) is 25.8 Å². The van der Waals surface area contributed by atoms with E-state index in [0.717, 1.165) is 11.4 Å². The standard InChI is InChI=1S/C19H21N3O3/c1-2-25-16-8-6-15(7-9-16)22-18(23)13-17(19(22)24)21-12-10-14-5-3-4-11-20-14/h3-9,11,17,21H,2,10,12-13H2,1H3/t17-/m0/s1. The minimum atomic E-state index is -0.484. The van der Waals surface area contributed by atoms with Gasteiger partial charge in [0.15, 0.2) is 0 Å². The van der Waals surface area contributed by atoms with E-state index in [1.165, 1.54) is 4.90 Å². The van der Waals surface area contributed by atoms with Crippen LogP contribution in [0.25, 0.3) is 0 Å². The van der Waals surface area contributed by atoms with Crippen LogP contribution in [0.15, 0.2) is 48.7 Å². The SMILES string of the molecule is CCOc1ccc(N2C(=O)C[C@H](NCCc3ccccn3)C2=O)cc1. The maximum Gasteiger partial charge on any atom is 0.251 e. The number of hydrogen-bond donors (Lipinski definition) is 1. The summed E-state index contributed by atoms with van der Waals surface area (Å²) in [7, 11) is 0. The zero-order valence-electron chi connectivity index (χ0n) is 14.1. The van der Waals surface area contributed by atoms with Crippen LogP contribution in [0.1, 0.15) is 19.0 Å². The minimum Gasteiger partial charge on any atom is -0.494 e. The Kier molecular flexibility index (Phi) is 5.40. The Morgan fingerprint density at radius 3 is 2.68 bits per heavy atom. The molecular formula is C19H21N3O3. The lowest BCUT2D eigenvalue weighted by atomic mass is 10.2. The minimum absolute atomic E-state index is 0.175. The molecule has 2 amide bonds. The van der Waals surface area contributed by atoms with E-state index in [2.05, 4.69) is 10.3 Å². The molecule has 1 aliphatic heterocycles. The summed E-state index contributed by atoms with van der Waals surface area (Å²) in [5, 5.41) is 3.16. The van der Waals surface area contributed by atoms with Gasteiger partial charge in [0, 0.05) is 24.9 Å². The van der Waals surface area contributed by atoms with Crippen molar-refractivity contribution in [3.8, 4) is 5.75 Å². The zero-order chi connectivity index (χ0) is 17.6. The summed E-state index contributed by atoms with van der Waals surface area (Å²) in [5.74, 6) is 0.315. The molecule has 1 aliphatic rings. The largest absolute Gasteiger partial charge is 0.494 e. The average Bonchev–Trinajstić information content (AvgIpc) is 2.91. The number of anilines is 1. The van der Waals surface area contributed by atoms with Gasteiger partial charge in [-0.1, -0.05) is 6.07 Å². The van der Waals surface area contributed by atoms with Gasteiger partial charge in [0.05, 0.1) is 24.8 Å². The lowest BCUT2D eigenvalue weighted by Gasteiger charge is -2.16. The number of aromatic nitrogens is 1. The Morgan fingerprint density at radius 1 is 1.20 bits per heavy atom. The van der Waals surface area contributed by atoms with Crippen molar-refractivity contribution < 1.29 is 14.3 Å². The number of carbonyl (C=O) groups is 2. The molecule has 1 aromatic heterocycles. The summed E-state index contributed by atoms with van der Waals surface area (Å²) in [5.41, 5.74) is 1.53. The van der Waals surface area contributed by atoms with Gasteiger partial charge in [0.2, 0.25) is 5.91 Å². The van der Waals surface area contributed by atoms with Gasteiger partial charge in [-0.15, -0.1) is 0 Å². The van der Waals surface area contributed by atoms with Crippen molar-refractivity contribution in [1.29, 1.82) is 0 Å². The number of nitrogens with one attached hydrogen (secondary N) is 1. The van der Waals surface area contributed by atoms with E-state index >= 15 is 0 Å². The van der Waals surface area contributed by atoms with Gasteiger partial charge in [-0.05, 0) is 43.3 Å². The molecule has 2 heterocycles. The highest BCUT2D eigenvalue weighted by atomic mass is 16.5. The molecule has 3 rings (SSSR count). The normalized spacial score (nSPS) is 17.2. The van der Waals surface area contributed by atoms with Gasteiger partial charge in [0.25, 0.3) is 5.91 Å². The molecule has 0 radical (unpaired) electrons. The average molecular weight is 339 g/mol. The Hall–Kier alpha value is -2.73. The van der Waals surface area contributed by atoms with Crippen molar-refractivity contribution in [3.05, 3.63) is 54.4 Å². The van der Waals surface area contributed by atoms with Crippen LogP contribution in [0.2, 0.25) is 0 Å². The van der Waals surface area contributed by atoms with Crippen LogP contribution >= 0.6 is 0 Å². The number of ether oxygens (including phenoxy) is 1. The first-order valence-corrected chi connectivity index (χ1v) is 8.42. The maximum atomic E-state index is 12.6. The van der Waals surface area contributed by atoms with Crippen molar-refractivity contribution in [1.82, 2.24) is 10.3 Å². The van der Waals surface area contributed by atoms with Gasteiger partial charge in [-0.25, -0.2) is 4.90 Å². The molecule has 0 aliphatic carbocycles. The predicted octanol–water partition coefficient (Wildman–Crippen LogP) is 1.94. The number of pyridine rings is 1. The van der Waals surface area contributed by atoms with Crippen molar-refractivity contribution >= 4 is 17.5 Å². The van der Waals surface area contributed by atoms with Crippen LogP contribution in [-0.2, 0) is 16.0 Å². The molecule has 6 heteroatoms. The molecule has 1 aromatic carbocycles. The van der Waals surface area contributed by atoms with E-state index < -0.39 is 6.04 Å². The van der Waals surface area contributed by atoms with E-state index in [1.54, 1.807) is 30.5 Å². The fraction of sp³-hybridized carbons (Fsp3) is 0.316. The first kappa shape index (κ1) is 17.1. The summed E-state index contributed by atoms with van der Waals surface area (Å²) in [4.78, 5) is 30.3.